The van der Waals surface area contributed by atoms with Crippen LogP contribution in [0.5, 0.6) is 5.75 Å². The van der Waals surface area contributed by atoms with Crippen LogP contribution in [-0.4, -0.2) is 40.7 Å². The smallest absolute Gasteiger partial charge is 0.119 e. The van der Waals surface area contributed by atoms with Gasteiger partial charge in [-0.15, -0.1) is 11.3 Å². The topological polar surface area (TPSA) is 59.3 Å². The molecule has 0 aliphatic rings. The summed E-state index contributed by atoms with van der Waals surface area (Å²) in [5.41, 5.74) is 5.87. The molecule has 0 bridgehead atoms. The van der Waals surface area contributed by atoms with Crippen LogP contribution in [0.4, 0.5) is 0 Å². The second kappa shape index (κ2) is 10.1. The Balaban J connectivity index is 1.19. The molecule has 31 heavy (non-hydrogen) atoms. The normalized spacial score (nSPS) is 12.4. The number of aryl methyl sites for hydroxylation is 3. The molecule has 4 rings (SSSR count). The first-order chi connectivity index (χ1) is 15.1. The number of aliphatic hydroxyl groups excluding tert-OH is 1. The Morgan fingerprint density at radius 2 is 2.00 bits per heavy atom. The van der Waals surface area contributed by atoms with Crippen molar-refractivity contribution in [2.24, 2.45) is 7.05 Å². The number of nitrogens with zero attached hydrogens (tertiary/aromatic N) is 2. The van der Waals surface area contributed by atoms with E-state index < -0.39 is 6.10 Å². The standard InChI is InChI=1S/C25H29N3O2S/c1-18-5-3-6-19(15-18)7-4-13-26-16-21(29)17-30-22-10-8-20(9-11-22)24-25-23(12-14-31-25)28(2)27-24/h3,5-6,8-12,14-15,21,26,29H,4,7,13,16-17H2,1-2H3. The van der Waals surface area contributed by atoms with Gasteiger partial charge < -0.3 is 15.2 Å². The molecule has 6 heteroatoms. The van der Waals surface area contributed by atoms with Crippen LogP contribution in [0.3, 0.4) is 0 Å². The Kier molecular flexibility index (Phi) is 7.02. The van der Waals surface area contributed by atoms with E-state index >= 15 is 0 Å². The van der Waals surface area contributed by atoms with Crippen molar-refractivity contribution in [1.82, 2.24) is 15.1 Å². The lowest BCUT2D eigenvalue weighted by Crippen LogP contribution is -2.32. The average molecular weight is 436 g/mol. The van der Waals surface area contributed by atoms with E-state index in [0.29, 0.717) is 6.54 Å². The summed E-state index contributed by atoms with van der Waals surface area (Å²) >= 11 is 1.70. The number of aromatic nitrogens is 2. The molecule has 1 atom stereocenters. The largest absolute Gasteiger partial charge is 0.491 e. The highest BCUT2D eigenvalue weighted by Gasteiger charge is 2.12. The van der Waals surface area contributed by atoms with E-state index in [0.717, 1.165) is 41.9 Å². The molecule has 5 nitrogen and oxygen atoms in total. The number of nitrogens with one attached hydrogen (secondary N) is 1. The average Bonchev–Trinajstić information content (AvgIpc) is 3.37. The zero-order valence-corrected chi connectivity index (χ0v) is 18.9. The lowest BCUT2D eigenvalue weighted by atomic mass is 10.1. The molecule has 0 aliphatic carbocycles. The molecule has 0 fully saturated rings. The molecule has 1 unspecified atom stereocenters. The van der Waals surface area contributed by atoms with Gasteiger partial charge in [-0.25, -0.2) is 0 Å². The van der Waals surface area contributed by atoms with Crippen LogP contribution in [0.25, 0.3) is 21.5 Å². The summed E-state index contributed by atoms with van der Waals surface area (Å²) in [4.78, 5) is 0. The lowest BCUT2D eigenvalue weighted by Gasteiger charge is -2.13. The van der Waals surface area contributed by atoms with Gasteiger partial charge in [0, 0.05) is 19.2 Å². The highest BCUT2D eigenvalue weighted by atomic mass is 32.1. The summed E-state index contributed by atoms with van der Waals surface area (Å²) < 4.78 is 8.87. The van der Waals surface area contributed by atoms with Gasteiger partial charge in [0.2, 0.25) is 0 Å². The Bertz CT molecular complexity index is 1120. The van der Waals surface area contributed by atoms with Crippen molar-refractivity contribution >= 4 is 21.6 Å². The second-order valence-electron chi connectivity index (χ2n) is 7.89. The Morgan fingerprint density at radius 1 is 1.16 bits per heavy atom. The summed E-state index contributed by atoms with van der Waals surface area (Å²) in [7, 11) is 1.97. The highest BCUT2D eigenvalue weighted by Crippen LogP contribution is 2.32. The van der Waals surface area contributed by atoms with Crippen molar-refractivity contribution in [3.8, 4) is 17.0 Å². The molecule has 2 aromatic carbocycles. The van der Waals surface area contributed by atoms with Gasteiger partial charge in [-0.05, 0) is 67.6 Å². The quantitative estimate of drug-likeness (QED) is 0.358. The van der Waals surface area contributed by atoms with Gasteiger partial charge in [0.25, 0.3) is 0 Å². The van der Waals surface area contributed by atoms with Crippen LogP contribution < -0.4 is 10.1 Å². The fourth-order valence-electron chi connectivity index (χ4n) is 3.69. The molecule has 0 saturated heterocycles. The summed E-state index contributed by atoms with van der Waals surface area (Å²) in [5, 5.41) is 20.2. The van der Waals surface area contributed by atoms with Gasteiger partial charge in [0.05, 0.1) is 10.2 Å². The summed E-state index contributed by atoms with van der Waals surface area (Å²) in [6.45, 7) is 3.78. The van der Waals surface area contributed by atoms with E-state index in [-0.39, 0.29) is 6.61 Å². The fraction of sp³-hybridized carbons (Fsp3) is 0.320. The molecule has 0 amide bonds. The molecule has 0 spiro atoms. The lowest BCUT2D eigenvalue weighted by molar-refractivity contribution is 0.106. The number of benzene rings is 2. The maximum absolute atomic E-state index is 10.2. The van der Waals surface area contributed by atoms with Crippen molar-refractivity contribution in [3.63, 3.8) is 0 Å². The van der Waals surface area contributed by atoms with Crippen molar-refractivity contribution < 1.29 is 9.84 Å². The first kappa shape index (κ1) is 21.6. The Morgan fingerprint density at radius 3 is 2.81 bits per heavy atom. The number of fused-ring (bicyclic) bond motifs is 1. The zero-order valence-electron chi connectivity index (χ0n) is 18.0. The molecule has 162 valence electrons. The first-order valence-corrected chi connectivity index (χ1v) is 11.6. The first-order valence-electron chi connectivity index (χ1n) is 10.7. The van der Waals surface area contributed by atoms with E-state index in [9.17, 15) is 5.11 Å². The maximum atomic E-state index is 10.2. The molecular weight excluding hydrogens is 406 g/mol. The zero-order chi connectivity index (χ0) is 21.6. The third-order valence-corrected chi connectivity index (χ3v) is 6.22. The Hall–Kier alpha value is -2.67. The van der Waals surface area contributed by atoms with Crippen LogP contribution in [0.2, 0.25) is 0 Å². The predicted molar refractivity (Wildman–Crippen MR) is 128 cm³/mol. The third-order valence-electron chi connectivity index (χ3n) is 5.31. The molecule has 4 aromatic rings. The van der Waals surface area contributed by atoms with Crippen LogP contribution >= 0.6 is 11.3 Å². The van der Waals surface area contributed by atoms with Gasteiger partial charge in [-0.1, -0.05) is 29.8 Å². The van der Waals surface area contributed by atoms with Crippen LogP contribution in [0, 0.1) is 6.92 Å². The van der Waals surface area contributed by atoms with Gasteiger partial charge in [-0.3, -0.25) is 4.68 Å². The molecule has 0 radical (unpaired) electrons. The van der Waals surface area contributed by atoms with Crippen LogP contribution in [0.15, 0.2) is 60.0 Å². The number of thiophene rings is 1. The monoisotopic (exact) mass is 435 g/mol. The fourth-order valence-corrected chi connectivity index (χ4v) is 4.61. The molecule has 2 aromatic heterocycles. The summed E-state index contributed by atoms with van der Waals surface area (Å²) in [6, 6.07) is 18.6. The van der Waals surface area contributed by atoms with Crippen LogP contribution in [-0.2, 0) is 13.5 Å². The number of rotatable bonds is 10. The SMILES string of the molecule is Cc1cccc(CCCNCC(O)COc2ccc(-c3nn(C)c4ccsc34)cc2)c1. The van der Waals surface area contributed by atoms with Crippen molar-refractivity contribution in [2.45, 2.75) is 25.9 Å². The van der Waals surface area contributed by atoms with Gasteiger partial charge in [-0.2, -0.15) is 5.10 Å². The minimum absolute atomic E-state index is 0.267. The van der Waals surface area contributed by atoms with Crippen LogP contribution in [0.1, 0.15) is 17.5 Å². The van der Waals surface area contributed by atoms with E-state index in [4.69, 9.17) is 4.74 Å². The van der Waals surface area contributed by atoms with Gasteiger partial charge >= 0.3 is 0 Å². The molecule has 2 N–H and O–H groups in total. The van der Waals surface area contributed by atoms with Gasteiger partial charge in [0.15, 0.2) is 0 Å². The minimum Gasteiger partial charge on any atom is -0.491 e. The van der Waals surface area contributed by atoms with E-state index in [2.05, 4.69) is 53.1 Å². The maximum Gasteiger partial charge on any atom is 0.119 e. The Labute approximate surface area is 187 Å². The summed E-state index contributed by atoms with van der Waals surface area (Å²) in [6.07, 6.45) is 1.55. The highest BCUT2D eigenvalue weighted by molar-refractivity contribution is 7.17. The molecule has 0 saturated carbocycles. The minimum atomic E-state index is -0.542. The third kappa shape index (κ3) is 5.53. The number of aliphatic hydroxyl groups is 1. The molecular formula is C25H29N3O2S. The van der Waals surface area contributed by atoms with Crippen molar-refractivity contribution in [2.75, 3.05) is 19.7 Å². The second-order valence-corrected chi connectivity index (χ2v) is 8.81. The predicted octanol–water partition coefficient (Wildman–Crippen LogP) is 4.57. The van der Waals surface area contributed by atoms with Crippen molar-refractivity contribution in [1.29, 1.82) is 0 Å². The molecule has 0 aliphatic heterocycles. The van der Waals surface area contributed by atoms with Crippen molar-refractivity contribution in [3.05, 3.63) is 71.1 Å². The van der Waals surface area contributed by atoms with E-state index in [1.807, 2.05) is 36.0 Å². The van der Waals surface area contributed by atoms with E-state index in [1.54, 1.807) is 11.3 Å². The number of hydrogen-bond acceptors (Lipinski definition) is 5. The van der Waals surface area contributed by atoms with Gasteiger partial charge in [0.1, 0.15) is 24.2 Å². The number of hydrogen-bond donors (Lipinski definition) is 2. The number of ether oxygens (including phenoxy) is 1. The summed E-state index contributed by atoms with van der Waals surface area (Å²) in [5.74, 6) is 0.751. The molecule has 2 heterocycles. The van der Waals surface area contributed by atoms with E-state index in [1.165, 1.54) is 15.8 Å².